The molecule has 0 bridgehead atoms. The minimum absolute atomic E-state index is 0.219. The van der Waals surface area contributed by atoms with Crippen LogP contribution >= 0.6 is 23.2 Å². The number of nitrogens with one attached hydrogen (secondary N) is 1. The third-order valence-electron chi connectivity index (χ3n) is 3.92. The average Bonchev–Trinajstić information content (AvgIpc) is 2.78. The summed E-state index contributed by atoms with van der Waals surface area (Å²) < 4.78 is 19.4. The SMILES string of the molecule is CC1(c2ccc(Cl)cc2)CC(Nc2ccc(Cl)cc2F)C(=O)O1. The second-order valence-corrected chi connectivity index (χ2v) is 6.56. The van der Waals surface area contributed by atoms with Crippen LogP contribution in [0.2, 0.25) is 10.0 Å². The maximum atomic E-state index is 13.9. The fraction of sp³-hybridized carbons (Fsp3) is 0.235. The Balaban J connectivity index is 1.80. The summed E-state index contributed by atoms with van der Waals surface area (Å²) in [5.41, 5.74) is 0.287. The number of cyclic esters (lactones) is 1. The van der Waals surface area contributed by atoms with Crippen LogP contribution in [0.3, 0.4) is 0 Å². The van der Waals surface area contributed by atoms with Crippen molar-refractivity contribution < 1.29 is 13.9 Å². The standard InChI is InChI=1S/C17H14Cl2FNO2/c1-17(10-2-4-11(18)5-3-10)9-15(16(22)23-17)21-14-7-6-12(19)8-13(14)20/h2-8,15,21H,9H2,1H3. The highest BCUT2D eigenvalue weighted by Gasteiger charge is 2.44. The molecule has 0 aromatic heterocycles. The smallest absolute Gasteiger partial charge is 0.329 e. The van der Waals surface area contributed by atoms with Crippen LogP contribution in [-0.4, -0.2) is 12.0 Å². The lowest BCUT2D eigenvalue weighted by atomic mass is 9.91. The van der Waals surface area contributed by atoms with Crippen LogP contribution in [0.4, 0.5) is 10.1 Å². The largest absolute Gasteiger partial charge is 0.453 e. The minimum Gasteiger partial charge on any atom is -0.453 e. The van der Waals surface area contributed by atoms with Crippen LogP contribution in [0, 0.1) is 5.82 Å². The van der Waals surface area contributed by atoms with E-state index in [0.717, 1.165) is 5.56 Å². The van der Waals surface area contributed by atoms with E-state index in [4.69, 9.17) is 27.9 Å². The average molecular weight is 354 g/mol. The molecule has 3 nitrogen and oxygen atoms in total. The van der Waals surface area contributed by atoms with Crippen molar-refractivity contribution in [2.24, 2.45) is 0 Å². The number of hydrogen-bond acceptors (Lipinski definition) is 3. The van der Waals surface area contributed by atoms with Crippen molar-refractivity contribution in [2.45, 2.75) is 25.0 Å². The van der Waals surface area contributed by atoms with Gasteiger partial charge in [-0.15, -0.1) is 0 Å². The van der Waals surface area contributed by atoms with Crippen molar-refractivity contribution in [3.05, 3.63) is 63.9 Å². The Bertz CT molecular complexity index is 751. The molecule has 0 radical (unpaired) electrons. The molecule has 2 aromatic rings. The van der Waals surface area contributed by atoms with Gasteiger partial charge in [-0.3, -0.25) is 0 Å². The topological polar surface area (TPSA) is 38.3 Å². The van der Waals surface area contributed by atoms with Crippen LogP contribution in [0.25, 0.3) is 0 Å². The Labute approximate surface area is 143 Å². The second kappa shape index (κ2) is 6.02. The second-order valence-electron chi connectivity index (χ2n) is 5.68. The zero-order valence-electron chi connectivity index (χ0n) is 12.3. The summed E-state index contributed by atoms with van der Waals surface area (Å²) in [4.78, 5) is 12.2. The van der Waals surface area contributed by atoms with Crippen LogP contribution in [-0.2, 0) is 15.1 Å². The summed E-state index contributed by atoms with van der Waals surface area (Å²) in [7, 11) is 0. The van der Waals surface area contributed by atoms with E-state index in [1.165, 1.54) is 12.1 Å². The van der Waals surface area contributed by atoms with Gasteiger partial charge in [-0.1, -0.05) is 35.3 Å². The quantitative estimate of drug-likeness (QED) is 0.807. The number of rotatable bonds is 3. The molecule has 23 heavy (non-hydrogen) atoms. The first-order chi connectivity index (χ1) is 10.9. The number of anilines is 1. The van der Waals surface area contributed by atoms with Gasteiger partial charge >= 0.3 is 5.97 Å². The highest BCUT2D eigenvalue weighted by molar-refractivity contribution is 6.30. The Kier molecular flexibility index (Phi) is 4.21. The number of hydrogen-bond donors (Lipinski definition) is 1. The predicted octanol–water partition coefficient (Wildman–Crippen LogP) is 4.78. The molecule has 1 heterocycles. The Morgan fingerprint density at radius 2 is 1.83 bits per heavy atom. The molecular formula is C17H14Cl2FNO2. The van der Waals surface area contributed by atoms with Crippen LogP contribution in [0.15, 0.2) is 42.5 Å². The number of carbonyl (C=O) groups excluding carboxylic acids is 1. The first-order valence-electron chi connectivity index (χ1n) is 7.08. The van der Waals surface area contributed by atoms with Gasteiger partial charge in [0, 0.05) is 16.5 Å². The van der Waals surface area contributed by atoms with E-state index in [1.54, 1.807) is 18.2 Å². The highest BCUT2D eigenvalue weighted by atomic mass is 35.5. The third-order valence-corrected chi connectivity index (χ3v) is 4.41. The maximum absolute atomic E-state index is 13.9. The first kappa shape index (κ1) is 16.1. The predicted molar refractivity (Wildman–Crippen MR) is 88.3 cm³/mol. The Morgan fingerprint density at radius 3 is 2.48 bits per heavy atom. The van der Waals surface area contributed by atoms with Gasteiger partial charge in [-0.2, -0.15) is 0 Å². The minimum atomic E-state index is -0.776. The summed E-state index contributed by atoms with van der Waals surface area (Å²) in [5.74, 6) is -0.929. The van der Waals surface area contributed by atoms with E-state index in [1.807, 2.05) is 19.1 Å². The molecule has 120 valence electrons. The lowest BCUT2D eigenvalue weighted by molar-refractivity contribution is -0.148. The molecule has 2 atom stereocenters. The maximum Gasteiger partial charge on any atom is 0.329 e. The van der Waals surface area contributed by atoms with Gasteiger partial charge in [0.05, 0.1) is 5.69 Å². The monoisotopic (exact) mass is 353 g/mol. The molecule has 1 aliphatic rings. The third kappa shape index (κ3) is 3.28. The number of esters is 1. The molecule has 1 aliphatic heterocycles. The molecule has 3 rings (SSSR count). The van der Waals surface area contributed by atoms with Crippen molar-refractivity contribution in [1.82, 2.24) is 0 Å². The lowest BCUT2D eigenvalue weighted by Gasteiger charge is -2.23. The summed E-state index contributed by atoms with van der Waals surface area (Å²) in [5, 5.41) is 3.80. The molecule has 1 N–H and O–H groups in total. The van der Waals surface area contributed by atoms with E-state index < -0.39 is 23.4 Å². The Morgan fingerprint density at radius 1 is 1.17 bits per heavy atom. The number of benzene rings is 2. The van der Waals surface area contributed by atoms with Gasteiger partial charge in [0.1, 0.15) is 17.5 Å². The molecular weight excluding hydrogens is 340 g/mol. The molecule has 6 heteroatoms. The van der Waals surface area contributed by atoms with Gasteiger partial charge < -0.3 is 10.1 Å². The summed E-state index contributed by atoms with van der Waals surface area (Å²) >= 11 is 11.6. The molecule has 2 aromatic carbocycles. The highest BCUT2D eigenvalue weighted by Crippen LogP contribution is 2.38. The number of ether oxygens (including phenoxy) is 1. The van der Waals surface area contributed by atoms with E-state index in [2.05, 4.69) is 5.32 Å². The lowest BCUT2D eigenvalue weighted by Crippen LogP contribution is -2.25. The molecule has 0 saturated carbocycles. The molecule has 1 saturated heterocycles. The van der Waals surface area contributed by atoms with Crippen molar-refractivity contribution in [3.8, 4) is 0 Å². The summed E-state index contributed by atoms with van der Waals surface area (Å²) in [6.07, 6.45) is 0.384. The fourth-order valence-electron chi connectivity index (χ4n) is 2.69. The normalized spacial score (nSPS) is 23.7. The number of halogens is 3. The molecule has 1 fully saturated rings. The first-order valence-corrected chi connectivity index (χ1v) is 7.83. The fourth-order valence-corrected chi connectivity index (χ4v) is 2.98. The molecule has 0 spiro atoms. The van der Waals surface area contributed by atoms with Gasteiger partial charge in [-0.05, 0) is 42.8 Å². The van der Waals surface area contributed by atoms with E-state index in [-0.39, 0.29) is 5.69 Å². The van der Waals surface area contributed by atoms with E-state index in [9.17, 15) is 9.18 Å². The zero-order chi connectivity index (χ0) is 16.6. The van der Waals surface area contributed by atoms with Crippen LogP contribution in [0.5, 0.6) is 0 Å². The van der Waals surface area contributed by atoms with Crippen molar-refractivity contribution in [3.63, 3.8) is 0 Å². The van der Waals surface area contributed by atoms with Crippen molar-refractivity contribution in [2.75, 3.05) is 5.32 Å². The molecule has 0 amide bonds. The van der Waals surface area contributed by atoms with Gasteiger partial charge in [-0.25, -0.2) is 9.18 Å². The van der Waals surface area contributed by atoms with E-state index >= 15 is 0 Å². The van der Waals surface area contributed by atoms with Gasteiger partial charge in [0.15, 0.2) is 0 Å². The van der Waals surface area contributed by atoms with Crippen LogP contribution in [0.1, 0.15) is 18.9 Å². The van der Waals surface area contributed by atoms with E-state index in [0.29, 0.717) is 16.5 Å². The number of carbonyl (C=O) groups is 1. The van der Waals surface area contributed by atoms with Crippen molar-refractivity contribution >= 4 is 34.9 Å². The van der Waals surface area contributed by atoms with Gasteiger partial charge in [0.25, 0.3) is 0 Å². The summed E-state index contributed by atoms with van der Waals surface area (Å²) in [6.45, 7) is 1.83. The molecule has 2 unspecified atom stereocenters. The summed E-state index contributed by atoms with van der Waals surface area (Å²) in [6, 6.07) is 10.8. The van der Waals surface area contributed by atoms with Gasteiger partial charge in [0.2, 0.25) is 0 Å². The van der Waals surface area contributed by atoms with Crippen LogP contribution < -0.4 is 5.32 Å². The molecule has 0 aliphatic carbocycles. The Hall–Kier alpha value is -1.78. The zero-order valence-corrected chi connectivity index (χ0v) is 13.8. The van der Waals surface area contributed by atoms with Crippen molar-refractivity contribution in [1.29, 1.82) is 0 Å².